The summed E-state index contributed by atoms with van der Waals surface area (Å²) < 4.78 is 5.88. The summed E-state index contributed by atoms with van der Waals surface area (Å²) in [5.74, 6) is 0.185. The number of amides is 1. The maximum Gasteiger partial charge on any atom is 0.267 e. The number of carbonyl (C=O) groups excluding carboxylic acids is 1. The minimum atomic E-state index is -0.517. The van der Waals surface area contributed by atoms with Gasteiger partial charge in [0.05, 0.1) is 6.20 Å². The zero-order valence-electron chi connectivity index (χ0n) is 11.5. The molecule has 0 saturated carbocycles. The fourth-order valence-corrected chi connectivity index (χ4v) is 2.30. The predicted octanol–water partition coefficient (Wildman–Crippen LogP) is 1.43. The van der Waals surface area contributed by atoms with Crippen LogP contribution in [0.15, 0.2) is 18.3 Å². The molecule has 19 heavy (non-hydrogen) atoms. The van der Waals surface area contributed by atoms with Crippen LogP contribution in [0.1, 0.15) is 37.2 Å². The second kappa shape index (κ2) is 6.02. The Hall–Kier alpha value is -1.62. The zero-order valence-corrected chi connectivity index (χ0v) is 11.5. The van der Waals surface area contributed by atoms with Crippen molar-refractivity contribution < 1.29 is 9.53 Å². The van der Waals surface area contributed by atoms with Gasteiger partial charge in [0.25, 0.3) is 5.91 Å². The van der Waals surface area contributed by atoms with E-state index in [0.29, 0.717) is 11.8 Å². The number of nitrogens with two attached hydrogens (primary N) is 1. The van der Waals surface area contributed by atoms with E-state index < -0.39 is 5.91 Å². The highest BCUT2D eigenvalue weighted by atomic mass is 16.5. The fraction of sp³-hybridized carbons (Fsp3) is 0.571. The van der Waals surface area contributed by atoms with Crippen LogP contribution < -0.4 is 10.5 Å². The molecule has 1 aromatic heterocycles. The molecule has 2 N–H and O–H groups in total. The van der Waals surface area contributed by atoms with Gasteiger partial charge in [0, 0.05) is 19.1 Å². The average molecular weight is 263 g/mol. The lowest BCUT2D eigenvalue weighted by atomic mass is 10.1. The Labute approximate surface area is 113 Å². The van der Waals surface area contributed by atoms with Gasteiger partial charge in [-0.3, -0.25) is 4.79 Å². The number of rotatable bonds is 4. The molecule has 0 spiro atoms. The molecule has 5 heteroatoms. The molecule has 1 aliphatic rings. The van der Waals surface area contributed by atoms with Crippen molar-refractivity contribution >= 4 is 5.91 Å². The Morgan fingerprint density at radius 2 is 2.11 bits per heavy atom. The number of ether oxygens (including phenoxy) is 1. The van der Waals surface area contributed by atoms with Crippen LogP contribution in [0.3, 0.4) is 0 Å². The van der Waals surface area contributed by atoms with E-state index in [0.717, 1.165) is 25.9 Å². The van der Waals surface area contributed by atoms with E-state index in [1.165, 1.54) is 0 Å². The molecule has 0 aromatic carbocycles. The van der Waals surface area contributed by atoms with Gasteiger partial charge < -0.3 is 15.4 Å². The van der Waals surface area contributed by atoms with E-state index in [9.17, 15) is 4.79 Å². The number of carbonyl (C=O) groups is 1. The summed E-state index contributed by atoms with van der Waals surface area (Å²) in [6.45, 7) is 6.56. The van der Waals surface area contributed by atoms with Crippen LogP contribution >= 0.6 is 0 Å². The van der Waals surface area contributed by atoms with Crippen LogP contribution in [0, 0.1) is 0 Å². The van der Waals surface area contributed by atoms with Crippen molar-refractivity contribution in [3.8, 4) is 5.75 Å². The molecule has 0 radical (unpaired) electrons. The lowest BCUT2D eigenvalue weighted by molar-refractivity contribution is 0.0840. The molecule has 1 saturated heterocycles. The predicted molar refractivity (Wildman–Crippen MR) is 73.1 cm³/mol. The van der Waals surface area contributed by atoms with Crippen LogP contribution in [0.25, 0.3) is 0 Å². The van der Waals surface area contributed by atoms with E-state index in [-0.39, 0.29) is 11.8 Å². The van der Waals surface area contributed by atoms with Crippen molar-refractivity contribution in [3.05, 3.63) is 24.0 Å². The van der Waals surface area contributed by atoms with E-state index >= 15 is 0 Å². The number of primary amides is 1. The van der Waals surface area contributed by atoms with Gasteiger partial charge in [-0.15, -0.1) is 0 Å². The Balaban J connectivity index is 1.87. The number of pyridine rings is 1. The molecule has 2 rings (SSSR count). The average Bonchev–Trinajstić information content (AvgIpc) is 2.40. The van der Waals surface area contributed by atoms with Gasteiger partial charge in [-0.2, -0.15) is 0 Å². The Morgan fingerprint density at radius 1 is 1.42 bits per heavy atom. The SMILES string of the molecule is CC(C)N1CCC(Oc2ccc(C(N)=O)nc2)CC1. The van der Waals surface area contributed by atoms with Crippen molar-refractivity contribution in [2.45, 2.75) is 38.8 Å². The highest BCUT2D eigenvalue weighted by Crippen LogP contribution is 2.19. The molecule has 1 fully saturated rings. The largest absolute Gasteiger partial charge is 0.489 e. The van der Waals surface area contributed by atoms with Crippen molar-refractivity contribution in [1.29, 1.82) is 0 Å². The van der Waals surface area contributed by atoms with Crippen molar-refractivity contribution in [2.24, 2.45) is 5.73 Å². The molecular formula is C14H21N3O2. The molecule has 5 nitrogen and oxygen atoms in total. The third kappa shape index (κ3) is 3.67. The number of piperidine rings is 1. The third-order valence-electron chi connectivity index (χ3n) is 3.50. The van der Waals surface area contributed by atoms with Gasteiger partial charge in [0.1, 0.15) is 17.5 Å². The van der Waals surface area contributed by atoms with Crippen LogP contribution in [-0.2, 0) is 0 Å². The van der Waals surface area contributed by atoms with Crippen LogP contribution in [0.5, 0.6) is 5.75 Å². The van der Waals surface area contributed by atoms with Gasteiger partial charge >= 0.3 is 0 Å². The monoisotopic (exact) mass is 263 g/mol. The zero-order chi connectivity index (χ0) is 13.8. The molecule has 1 aromatic rings. The molecule has 1 aliphatic heterocycles. The molecule has 1 amide bonds. The second-order valence-corrected chi connectivity index (χ2v) is 5.19. The quantitative estimate of drug-likeness (QED) is 0.892. The van der Waals surface area contributed by atoms with Crippen molar-refractivity contribution in [2.75, 3.05) is 13.1 Å². The summed E-state index contributed by atoms with van der Waals surface area (Å²) in [6, 6.07) is 3.94. The maximum atomic E-state index is 10.9. The second-order valence-electron chi connectivity index (χ2n) is 5.19. The number of aromatic nitrogens is 1. The standard InChI is InChI=1S/C14H21N3O2/c1-10(2)17-7-5-11(6-8-17)19-12-3-4-13(14(15)18)16-9-12/h3-4,9-11H,5-8H2,1-2H3,(H2,15,18). The molecule has 2 heterocycles. The maximum absolute atomic E-state index is 10.9. The molecular weight excluding hydrogens is 242 g/mol. The Kier molecular flexibility index (Phi) is 4.37. The molecule has 0 atom stereocenters. The topological polar surface area (TPSA) is 68.5 Å². The fourth-order valence-electron chi connectivity index (χ4n) is 2.30. The number of hydrogen-bond donors (Lipinski definition) is 1. The first-order chi connectivity index (χ1) is 9.06. The minimum absolute atomic E-state index is 0.233. The highest BCUT2D eigenvalue weighted by molar-refractivity contribution is 5.90. The first-order valence-electron chi connectivity index (χ1n) is 6.73. The summed E-state index contributed by atoms with van der Waals surface area (Å²) in [5, 5.41) is 0. The van der Waals surface area contributed by atoms with Gasteiger partial charge in [0.2, 0.25) is 0 Å². The lowest BCUT2D eigenvalue weighted by Crippen LogP contribution is -2.41. The smallest absolute Gasteiger partial charge is 0.267 e. The summed E-state index contributed by atoms with van der Waals surface area (Å²) in [5.41, 5.74) is 5.41. The van der Waals surface area contributed by atoms with E-state index in [2.05, 4.69) is 23.7 Å². The van der Waals surface area contributed by atoms with Gasteiger partial charge in [-0.05, 0) is 38.8 Å². The van der Waals surface area contributed by atoms with E-state index in [1.54, 1.807) is 18.3 Å². The van der Waals surface area contributed by atoms with E-state index in [1.807, 2.05) is 0 Å². The lowest BCUT2D eigenvalue weighted by Gasteiger charge is -2.34. The number of likely N-dealkylation sites (tertiary alicyclic amines) is 1. The third-order valence-corrected chi connectivity index (χ3v) is 3.50. The van der Waals surface area contributed by atoms with E-state index in [4.69, 9.17) is 10.5 Å². The summed E-state index contributed by atoms with van der Waals surface area (Å²) in [6.07, 6.45) is 3.84. The Bertz CT molecular complexity index is 423. The molecule has 104 valence electrons. The summed E-state index contributed by atoms with van der Waals surface area (Å²) in [7, 11) is 0. The normalized spacial score (nSPS) is 17.6. The molecule has 0 aliphatic carbocycles. The van der Waals surface area contributed by atoms with Crippen LogP contribution in [-0.4, -0.2) is 41.0 Å². The van der Waals surface area contributed by atoms with Gasteiger partial charge in [0.15, 0.2) is 0 Å². The summed E-state index contributed by atoms with van der Waals surface area (Å²) in [4.78, 5) is 17.3. The Morgan fingerprint density at radius 3 is 2.58 bits per heavy atom. The first-order valence-corrected chi connectivity index (χ1v) is 6.73. The molecule has 0 unspecified atom stereocenters. The molecule has 0 bridgehead atoms. The van der Waals surface area contributed by atoms with Gasteiger partial charge in [-0.1, -0.05) is 0 Å². The highest BCUT2D eigenvalue weighted by Gasteiger charge is 2.22. The van der Waals surface area contributed by atoms with Crippen molar-refractivity contribution in [3.63, 3.8) is 0 Å². The van der Waals surface area contributed by atoms with Gasteiger partial charge in [-0.25, -0.2) is 4.98 Å². The minimum Gasteiger partial charge on any atom is -0.489 e. The van der Waals surface area contributed by atoms with Crippen LogP contribution in [0.2, 0.25) is 0 Å². The first kappa shape index (κ1) is 13.8. The number of nitrogens with zero attached hydrogens (tertiary/aromatic N) is 2. The summed E-state index contributed by atoms with van der Waals surface area (Å²) >= 11 is 0. The number of hydrogen-bond acceptors (Lipinski definition) is 4. The van der Waals surface area contributed by atoms with Crippen molar-refractivity contribution in [1.82, 2.24) is 9.88 Å². The van der Waals surface area contributed by atoms with Crippen LogP contribution in [0.4, 0.5) is 0 Å².